The number of benzene rings is 3. The number of fused-ring (bicyclic) bond motifs is 1. The Morgan fingerprint density at radius 1 is 1.00 bits per heavy atom. The molecule has 0 aliphatic heterocycles. The van der Waals surface area contributed by atoms with E-state index in [2.05, 4.69) is 22.0 Å². The lowest BCUT2D eigenvalue weighted by molar-refractivity contribution is 0.480. The lowest BCUT2D eigenvalue weighted by atomic mass is 10.1. The Bertz CT molecular complexity index is 804. The summed E-state index contributed by atoms with van der Waals surface area (Å²) in [4.78, 5) is 0. The fraction of sp³-hybridized carbons (Fsp3) is 0.0588. The third-order valence-electron chi connectivity index (χ3n) is 3.28. The fourth-order valence-corrected chi connectivity index (χ4v) is 2.98. The molecule has 0 amide bonds. The van der Waals surface area contributed by atoms with Crippen LogP contribution >= 0.6 is 27.5 Å². The molecule has 0 fully saturated rings. The van der Waals surface area contributed by atoms with E-state index in [1.807, 2.05) is 48.5 Å². The molecule has 0 aliphatic rings. The lowest BCUT2D eigenvalue weighted by Crippen LogP contribution is -1.96. The summed E-state index contributed by atoms with van der Waals surface area (Å²) in [6.45, 7) is 0.458. The van der Waals surface area contributed by atoms with Gasteiger partial charge in [-0.2, -0.15) is 0 Å². The van der Waals surface area contributed by atoms with Gasteiger partial charge in [-0.15, -0.1) is 0 Å². The Morgan fingerprint density at radius 2 is 1.76 bits per heavy atom. The first-order valence-corrected chi connectivity index (χ1v) is 7.70. The van der Waals surface area contributed by atoms with Crippen LogP contribution in [0.1, 0.15) is 5.56 Å². The summed E-state index contributed by atoms with van der Waals surface area (Å²) >= 11 is 9.84. The molecular formula is C17H13BrClNO. The van der Waals surface area contributed by atoms with Gasteiger partial charge in [-0.05, 0) is 50.5 Å². The van der Waals surface area contributed by atoms with Crippen LogP contribution in [0.3, 0.4) is 0 Å². The maximum absolute atomic E-state index is 6.23. The average Bonchev–Trinajstić information content (AvgIpc) is 2.52. The molecule has 0 spiro atoms. The predicted molar refractivity (Wildman–Crippen MR) is 91.1 cm³/mol. The highest BCUT2D eigenvalue weighted by Gasteiger charge is 2.09. The van der Waals surface area contributed by atoms with Crippen LogP contribution in [0.25, 0.3) is 10.8 Å². The Kier molecular flexibility index (Phi) is 4.15. The molecule has 0 aliphatic carbocycles. The third-order valence-corrected chi connectivity index (χ3v) is 4.39. The first kappa shape index (κ1) is 14.4. The Hall–Kier alpha value is -1.55. The maximum Gasteiger partial charge on any atom is 0.146 e. The van der Waals surface area contributed by atoms with Crippen molar-refractivity contribution in [3.05, 3.63) is 69.7 Å². The first-order chi connectivity index (χ1) is 10.2. The van der Waals surface area contributed by atoms with Gasteiger partial charge < -0.3 is 10.5 Å². The van der Waals surface area contributed by atoms with Crippen LogP contribution in [-0.2, 0) is 6.54 Å². The van der Waals surface area contributed by atoms with E-state index in [4.69, 9.17) is 22.1 Å². The minimum absolute atomic E-state index is 0.458. The Balaban J connectivity index is 2.00. The quantitative estimate of drug-likeness (QED) is 0.667. The highest BCUT2D eigenvalue weighted by atomic mass is 79.9. The predicted octanol–water partition coefficient (Wildman–Crippen LogP) is 5.51. The van der Waals surface area contributed by atoms with Crippen molar-refractivity contribution in [2.24, 2.45) is 5.73 Å². The van der Waals surface area contributed by atoms with E-state index >= 15 is 0 Å². The molecule has 0 aromatic heterocycles. The summed E-state index contributed by atoms with van der Waals surface area (Å²) in [5.41, 5.74) is 6.58. The summed E-state index contributed by atoms with van der Waals surface area (Å²) < 4.78 is 6.84. The topological polar surface area (TPSA) is 35.2 Å². The minimum Gasteiger partial charge on any atom is -0.455 e. The Labute approximate surface area is 136 Å². The number of rotatable bonds is 3. The zero-order valence-corrected chi connectivity index (χ0v) is 13.5. The number of hydrogen-bond donors (Lipinski definition) is 1. The van der Waals surface area contributed by atoms with Gasteiger partial charge in [0.2, 0.25) is 0 Å². The van der Waals surface area contributed by atoms with E-state index < -0.39 is 0 Å². The molecule has 0 atom stereocenters. The molecule has 0 heterocycles. The van der Waals surface area contributed by atoms with Gasteiger partial charge in [-0.1, -0.05) is 48.0 Å². The molecule has 0 radical (unpaired) electrons. The second-order valence-electron chi connectivity index (χ2n) is 4.67. The summed E-state index contributed by atoms with van der Waals surface area (Å²) in [5, 5.41) is 2.81. The van der Waals surface area contributed by atoms with E-state index in [1.165, 1.54) is 0 Å². The normalized spacial score (nSPS) is 10.8. The SMILES string of the molecule is NCc1ccc(Oc2ccc3ccccc3c2Br)c(Cl)c1. The molecule has 4 heteroatoms. The number of ether oxygens (including phenoxy) is 1. The molecule has 3 aromatic carbocycles. The van der Waals surface area contributed by atoms with Gasteiger partial charge in [0.15, 0.2) is 0 Å². The average molecular weight is 363 g/mol. The highest BCUT2D eigenvalue weighted by Crippen LogP contribution is 2.38. The molecule has 106 valence electrons. The van der Waals surface area contributed by atoms with Crippen molar-refractivity contribution < 1.29 is 4.74 Å². The van der Waals surface area contributed by atoms with Crippen LogP contribution in [0, 0.1) is 0 Å². The Morgan fingerprint density at radius 3 is 2.52 bits per heavy atom. The van der Waals surface area contributed by atoms with Crippen molar-refractivity contribution in [2.75, 3.05) is 0 Å². The molecule has 3 aromatic rings. The van der Waals surface area contributed by atoms with Crippen molar-refractivity contribution in [1.82, 2.24) is 0 Å². The smallest absolute Gasteiger partial charge is 0.146 e. The van der Waals surface area contributed by atoms with Crippen LogP contribution in [0.15, 0.2) is 59.1 Å². The molecular weight excluding hydrogens is 350 g/mol. The van der Waals surface area contributed by atoms with Gasteiger partial charge >= 0.3 is 0 Å². The summed E-state index contributed by atoms with van der Waals surface area (Å²) in [6, 6.07) is 17.7. The third kappa shape index (κ3) is 2.91. The van der Waals surface area contributed by atoms with Crippen molar-refractivity contribution in [1.29, 1.82) is 0 Å². The van der Waals surface area contributed by atoms with Gasteiger partial charge in [0.1, 0.15) is 11.5 Å². The van der Waals surface area contributed by atoms with E-state index in [0.29, 0.717) is 17.3 Å². The summed E-state index contributed by atoms with van der Waals surface area (Å²) in [6.07, 6.45) is 0. The first-order valence-electron chi connectivity index (χ1n) is 6.52. The molecule has 0 unspecified atom stereocenters. The van der Waals surface area contributed by atoms with Gasteiger partial charge in [-0.3, -0.25) is 0 Å². The van der Waals surface area contributed by atoms with Gasteiger partial charge in [-0.25, -0.2) is 0 Å². The molecule has 0 saturated carbocycles. The van der Waals surface area contributed by atoms with Crippen LogP contribution < -0.4 is 10.5 Å². The maximum atomic E-state index is 6.23. The second-order valence-corrected chi connectivity index (χ2v) is 5.87. The number of hydrogen-bond acceptors (Lipinski definition) is 2. The lowest BCUT2D eigenvalue weighted by Gasteiger charge is -2.12. The molecule has 3 rings (SSSR count). The van der Waals surface area contributed by atoms with E-state index in [0.717, 1.165) is 26.6 Å². The summed E-state index contributed by atoms with van der Waals surface area (Å²) in [5.74, 6) is 1.35. The van der Waals surface area contributed by atoms with E-state index in [9.17, 15) is 0 Å². The fourth-order valence-electron chi connectivity index (χ4n) is 2.16. The number of halogens is 2. The van der Waals surface area contributed by atoms with Crippen LogP contribution in [-0.4, -0.2) is 0 Å². The molecule has 21 heavy (non-hydrogen) atoms. The molecule has 2 nitrogen and oxygen atoms in total. The second kappa shape index (κ2) is 6.06. The standard InChI is InChI=1S/C17H13BrClNO/c18-17-13-4-2-1-3-12(13)6-8-16(17)21-15-7-5-11(10-20)9-14(15)19/h1-9H,10,20H2. The van der Waals surface area contributed by atoms with E-state index in [-0.39, 0.29) is 0 Å². The van der Waals surface area contributed by atoms with Crippen LogP contribution in [0.2, 0.25) is 5.02 Å². The summed E-state index contributed by atoms with van der Waals surface area (Å²) in [7, 11) is 0. The van der Waals surface area contributed by atoms with Crippen molar-refractivity contribution >= 4 is 38.3 Å². The highest BCUT2D eigenvalue weighted by molar-refractivity contribution is 9.10. The van der Waals surface area contributed by atoms with E-state index in [1.54, 1.807) is 0 Å². The number of nitrogens with two attached hydrogens (primary N) is 1. The van der Waals surface area contributed by atoms with Gasteiger partial charge in [0.05, 0.1) is 9.50 Å². The van der Waals surface area contributed by atoms with Gasteiger partial charge in [0, 0.05) is 6.54 Å². The monoisotopic (exact) mass is 361 g/mol. The van der Waals surface area contributed by atoms with Crippen molar-refractivity contribution in [2.45, 2.75) is 6.54 Å². The molecule has 0 saturated heterocycles. The van der Waals surface area contributed by atoms with Gasteiger partial charge in [0.25, 0.3) is 0 Å². The zero-order valence-electron chi connectivity index (χ0n) is 11.1. The van der Waals surface area contributed by atoms with Crippen molar-refractivity contribution in [3.8, 4) is 11.5 Å². The minimum atomic E-state index is 0.458. The largest absolute Gasteiger partial charge is 0.455 e. The molecule has 2 N–H and O–H groups in total. The van der Waals surface area contributed by atoms with Crippen LogP contribution in [0.4, 0.5) is 0 Å². The molecule has 0 bridgehead atoms. The zero-order chi connectivity index (χ0) is 14.8. The van der Waals surface area contributed by atoms with Crippen LogP contribution in [0.5, 0.6) is 11.5 Å². The van der Waals surface area contributed by atoms with Crippen molar-refractivity contribution in [3.63, 3.8) is 0 Å².